The lowest BCUT2D eigenvalue weighted by molar-refractivity contribution is -0.159. The number of hydrogen-bond donors (Lipinski definition) is 1. The topological polar surface area (TPSA) is 46.5 Å². The van der Waals surface area contributed by atoms with Gasteiger partial charge in [0.05, 0.1) is 18.1 Å². The maximum atomic E-state index is 11.8. The summed E-state index contributed by atoms with van der Waals surface area (Å²) in [7, 11) is 0. The van der Waals surface area contributed by atoms with Crippen molar-refractivity contribution in [3.63, 3.8) is 0 Å². The predicted octanol–water partition coefficient (Wildman–Crippen LogP) is 2.22. The second kappa shape index (κ2) is 5.92. The van der Waals surface area contributed by atoms with E-state index in [1.165, 1.54) is 0 Å². The van der Waals surface area contributed by atoms with Crippen LogP contribution in [-0.4, -0.2) is 34.3 Å². The van der Waals surface area contributed by atoms with E-state index in [-0.39, 0.29) is 17.1 Å². The third kappa shape index (κ3) is 2.72. The summed E-state index contributed by atoms with van der Waals surface area (Å²) in [4.78, 5) is 11.8. The summed E-state index contributed by atoms with van der Waals surface area (Å²) in [5, 5.41) is 10.8. The number of aliphatic hydroxyl groups is 1. The van der Waals surface area contributed by atoms with Crippen LogP contribution in [0, 0.1) is 5.92 Å². The molecule has 1 rings (SSSR count). The summed E-state index contributed by atoms with van der Waals surface area (Å²) < 4.78 is 5.05. The molecule has 1 aliphatic rings. The Morgan fingerprint density at radius 2 is 2.31 bits per heavy atom. The molecular formula is C12H22O3S. The van der Waals surface area contributed by atoms with E-state index < -0.39 is 5.60 Å². The molecular weight excluding hydrogens is 224 g/mol. The largest absolute Gasteiger partial charge is 0.466 e. The van der Waals surface area contributed by atoms with Gasteiger partial charge >= 0.3 is 5.97 Å². The first kappa shape index (κ1) is 13.8. The highest BCUT2D eigenvalue weighted by molar-refractivity contribution is 8.00. The molecule has 94 valence electrons. The summed E-state index contributed by atoms with van der Waals surface area (Å²) in [6.45, 7) is 6.12. The van der Waals surface area contributed by atoms with Crippen molar-refractivity contribution < 1.29 is 14.6 Å². The molecule has 0 spiro atoms. The Balaban J connectivity index is 2.79. The summed E-state index contributed by atoms with van der Waals surface area (Å²) in [5.41, 5.74) is -0.885. The highest BCUT2D eigenvalue weighted by Gasteiger charge is 2.46. The molecule has 0 aliphatic carbocycles. The molecule has 1 fully saturated rings. The SMILES string of the molecule is CCOC(=O)C(CC)C1(O)CCCSC1C. The van der Waals surface area contributed by atoms with E-state index in [1.807, 2.05) is 13.8 Å². The van der Waals surface area contributed by atoms with Gasteiger partial charge in [0, 0.05) is 5.25 Å². The van der Waals surface area contributed by atoms with E-state index in [0.29, 0.717) is 19.4 Å². The van der Waals surface area contributed by atoms with Crippen molar-refractivity contribution in [2.24, 2.45) is 5.92 Å². The number of ether oxygens (including phenoxy) is 1. The van der Waals surface area contributed by atoms with Crippen LogP contribution in [0.5, 0.6) is 0 Å². The van der Waals surface area contributed by atoms with Crippen LogP contribution in [0.2, 0.25) is 0 Å². The van der Waals surface area contributed by atoms with Gasteiger partial charge in [0.15, 0.2) is 0 Å². The molecule has 16 heavy (non-hydrogen) atoms. The third-order valence-electron chi connectivity index (χ3n) is 3.38. The number of carbonyl (C=O) groups is 1. The molecule has 0 saturated carbocycles. The van der Waals surface area contributed by atoms with Crippen molar-refractivity contribution >= 4 is 17.7 Å². The van der Waals surface area contributed by atoms with Gasteiger partial charge in [-0.05, 0) is 31.9 Å². The smallest absolute Gasteiger partial charge is 0.311 e. The van der Waals surface area contributed by atoms with Gasteiger partial charge in [0.25, 0.3) is 0 Å². The first-order valence-corrected chi connectivity index (χ1v) is 7.11. The molecule has 0 radical (unpaired) electrons. The fourth-order valence-corrected chi connectivity index (χ4v) is 3.62. The summed E-state index contributed by atoms with van der Waals surface area (Å²) in [6.07, 6.45) is 2.32. The van der Waals surface area contributed by atoms with Crippen LogP contribution in [0.3, 0.4) is 0 Å². The first-order chi connectivity index (χ1) is 7.56. The Labute approximate surface area is 102 Å². The fourth-order valence-electron chi connectivity index (χ4n) is 2.39. The zero-order valence-corrected chi connectivity index (χ0v) is 11.2. The Bertz CT molecular complexity index is 244. The highest BCUT2D eigenvalue weighted by atomic mass is 32.2. The van der Waals surface area contributed by atoms with Gasteiger partial charge in [0.1, 0.15) is 0 Å². The minimum atomic E-state index is -0.885. The van der Waals surface area contributed by atoms with Crippen LogP contribution in [0.15, 0.2) is 0 Å². The van der Waals surface area contributed by atoms with E-state index in [1.54, 1.807) is 18.7 Å². The average Bonchev–Trinajstić information content (AvgIpc) is 2.24. The quantitative estimate of drug-likeness (QED) is 0.773. The first-order valence-electron chi connectivity index (χ1n) is 6.06. The Morgan fingerprint density at radius 3 is 2.81 bits per heavy atom. The molecule has 1 N–H and O–H groups in total. The van der Waals surface area contributed by atoms with E-state index in [9.17, 15) is 9.90 Å². The standard InChI is InChI=1S/C12H22O3S/c1-4-10(11(13)15-5-2)12(14)7-6-8-16-9(12)3/h9-10,14H,4-8H2,1-3H3. The van der Waals surface area contributed by atoms with Crippen molar-refractivity contribution in [3.05, 3.63) is 0 Å². The number of rotatable bonds is 4. The number of thioether (sulfide) groups is 1. The van der Waals surface area contributed by atoms with Crippen molar-refractivity contribution in [3.8, 4) is 0 Å². The average molecular weight is 246 g/mol. The van der Waals surface area contributed by atoms with Gasteiger partial charge in [-0.1, -0.05) is 13.8 Å². The third-order valence-corrected chi connectivity index (χ3v) is 4.81. The molecule has 0 bridgehead atoms. The molecule has 3 nitrogen and oxygen atoms in total. The van der Waals surface area contributed by atoms with Crippen molar-refractivity contribution in [1.29, 1.82) is 0 Å². The normalized spacial score (nSPS) is 32.1. The van der Waals surface area contributed by atoms with Gasteiger partial charge in [0.2, 0.25) is 0 Å². The zero-order valence-electron chi connectivity index (χ0n) is 10.4. The van der Waals surface area contributed by atoms with Gasteiger partial charge < -0.3 is 9.84 Å². The van der Waals surface area contributed by atoms with Crippen LogP contribution < -0.4 is 0 Å². The van der Waals surface area contributed by atoms with Crippen LogP contribution in [-0.2, 0) is 9.53 Å². The Hall–Kier alpha value is -0.220. The maximum Gasteiger partial charge on any atom is 0.311 e. The summed E-state index contributed by atoms with van der Waals surface area (Å²) >= 11 is 1.75. The molecule has 0 aromatic heterocycles. The molecule has 3 atom stereocenters. The highest BCUT2D eigenvalue weighted by Crippen LogP contribution is 2.40. The molecule has 4 heteroatoms. The van der Waals surface area contributed by atoms with Crippen LogP contribution in [0.4, 0.5) is 0 Å². The molecule has 1 aliphatic heterocycles. The molecule has 3 unspecified atom stereocenters. The second-order valence-electron chi connectivity index (χ2n) is 4.32. The fraction of sp³-hybridized carbons (Fsp3) is 0.917. The molecule has 1 heterocycles. The van der Waals surface area contributed by atoms with E-state index in [0.717, 1.165) is 12.2 Å². The monoisotopic (exact) mass is 246 g/mol. The number of carbonyl (C=O) groups excluding carboxylic acids is 1. The van der Waals surface area contributed by atoms with Crippen molar-refractivity contribution in [1.82, 2.24) is 0 Å². The Kier molecular flexibility index (Phi) is 5.12. The molecule has 1 saturated heterocycles. The van der Waals surface area contributed by atoms with Crippen LogP contribution in [0.25, 0.3) is 0 Å². The van der Waals surface area contributed by atoms with Gasteiger partial charge in [-0.15, -0.1) is 0 Å². The lowest BCUT2D eigenvalue weighted by Gasteiger charge is -2.42. The Morgan fingerprint density at radius 1 is 1.62 bits per heavy atom. The molecule has 0 amide bonds. The van der Waals surface area contributed by atoms with E-state index >= 15 is 0 Å². The maximum absolute atomic E-state index is 11.8. The van der Waals surface area contributed by atoms with E-state index in [2.05, 4.69) is 0 Å². The lowest BCUT2D eigenvalue weighted by atomic mass is 9.79. The minimum absolute atomic E-state index is 0.107. The number of hydrogen-bond acceptors (Lipinski definition) is 4. The zero-order chi connectivity index (χ0) is 12.2. The van der Waals surface area contributed by atoms with Crippen molar-refractivity contribution in [2.75, 3.05) is 12.4 Å². The van der Waals surface area contributed by atoms with E-state index in [4.69, 9.17) is 4.74 Å². The number of esters is 1. The van der Waals surface area contributed by atoms with Gasteiger partial charge in [-0.25, -0.2) is 0 Å². The minimum Gasteiger partial charge on any atom is -0.466 e. The lowest BCUT2D eigenvalue weighted by Crippen LogP contribution is -2.51. The summed E-state index contributed by atoms with van der Waals surface area (Å²) in [6, 6.07) is 0. The molecule has 0 aromatic rings. The van der Waals surface area contributed by atoms with Crippen molar-refractivity contribution in [2.45, 2.75) is 50.9 Å². The summed E-state index contributed by atoms with van der Waals surface area (Å²) in [5.74, 6) is 0.444. The van der Waals surface area contributed by atoms with Gasteiger partial charge in [-0.3, -0.25) is 4.79 Å². The van der Waals surface area contributed by atoms with Crippen LogP contribution in [0.1, 0.15) is 40.0 Å². The predicted molar refractivity (Wildman–Crippen MR) is 66.5 cm³/mol. The second-order valence-corrected chi connectivity index (χ2v) is 5.77. The van der Waals surface area contributed by atoms with Gasteiger partial charge in [-0.2, -0.15) is 11.8 Å². The molecule has 0 aromatic carbocycles. The van der Waals surface area contributed by atoms with Crippen LogP contribution >= 0.6 is 11.8 Å².